The van der Waals surface area contributed by atoms with Crippen molar-refractivity contribution in [2.75, 3.05) is 25.1 Å². The van der Waals surface area contributed by atoms with E-state index in [4.69, 9.17) is 0 Å². The minimum atomic E-state index is -0.540. The van der Waals surface area contributed by atoms with Crippen molar-refractivity contribution in [2.45, 2.75) is 19.8 Å². The molecule has 19 heavy (non-hydrogen) atoms. The third-order valence-corrected chi connectivity index (χ3v) is 3.44. The fourth-order valence-electron chi connectivity index (χ4n) is 2.35. The molecule has 0 saturated carbocycles. The molecule has 102 valence electrons. The number of anilines is 1. The summed E-state index contributed by atoms with van der Waals surface area (Å²) < 4.78 is 4.69. The van der Waals surface area contributed by atoms with E-state index in [9.17, 15) is 14.9 Å². The number of methoxy groups -OCH3 is 1. The first-order valence-electron chi connectivity index (χ1n) is 6.17. The number of ether oxygens (including phenoxy) is 1. The lowest BCUT2D eigenvalue weighted by Crippen LogP contribution is -2.19. The van der Waals surface area contributed by atoms with Crippen molar-refractivity contribution in [3.63, 3.8) is 0 Å². The lowest BCUT2D eigenvalue weighted by Gasteiger charge is -2.19. The van der Waals surface area contributed by atoms with Crippen LogP contribution in [0.4, 0.5) is 11.4 Å². The molecule has 1 fully saturated rings. The van der Waals surface area contributed by atoms with Gasteiger partial charge >= 0.3 is 5.97 Å². The second kappa shape index (κ2) is 5.26. The van der Waals surface area contributed by atoms with Crippen LogP contribution in [0.2, 0.25) is 0 Å². The molecule has 0 bridgehead atoms. The summed E-state index contributed by atoms with van der Waals surface area (Å²) in [6.07, 6.45) is 2.13. The fourth-order valence-corrected chi connectivity index (χ4v) is 2.35. The molecule has 0 unspecified atom stereocenters. The first-order valence-corrected chi connectivity index (χ1v) is 6.17. The van der Waals surface area contributed by atoms with Gasteiger partial charge in [0.25, 0.3) is 5.69 Å². The van der Waals surface area contributed by atoms with Crippen molar-refractivity contribution in [1.82, 2.24) is 0 Å². The Morgan fingerprint density at radius 3 is 2.53 bits per heavy atom. The van der Waals surface area contributed by atoms with Crippen LogP contribution in [-0.2, 0) is 4.74 Å². The van der Waals surface area contributed by atoms with Gasteiger partial charge in [-0.25, -0.2) is 4.79 Å². The van der Waals surface area contributed by atoms with E-state index in [2.05, 4.69) is 9.64 Å². The van der Waals surface area contributed by atoms with Crippen LogP contribution in [0.15, 0.2) is 12.1 Å². The maximum atomic E-state index is 11.7. The van der Waals surface area contributed by atoms with Crippen LogP contribution in [0, 0.1) is 17.0 Å². The lowest BCUT2D eigenvalue weighted by molar-refractivity contribution is -0.385. The average Bonchev–Trinajstić information content (AvgIpc) is 2.91. The monoisotopic (exact) mass is 264 g/mol. The van der Waals surface area contributed by atoms with Gasteiger partial charge in [-0.2, -0.15) is 0 Å². The topological polar surface area (TPSA) is 72.7 Å². The van der Waals surface area contributed by atoms with Gasteiger partial charge < -0.3 is 9.64 Å². The van der Waals surface area contributed by atoms with E-state index in [1.54, 1.807) is 13.0 Å². The maximum Gasteiger partial charge on any atom is 0.338 e. The molecule has 1 aliphatic heterocycles. The predicted octanol–water partition coefficient (Wildman–Crippen LogP) is 2.29. The Kier molecular flexibility index (Phi) is 3.69. The molecule has 0 N–H and O–H groups in total. The molecule has 1 aromatic rings. The Morgan fingerprint density at radius 2 is 2.00 bits per heavy atom. The minimum absolute atomic E-state index is 0.0372. The first kappa shape index (κ1) is 13.3. The third kappa shape index (κ3) is 2.52. The van der Waals surface area contributed by atoms with E-state index in [-0.39, 0.29) is 11.3 Å². The number of hydrogen-bond acceptors (Lipinski definition) is 5. The molecular weight excluding hydrogens is 248 g/mol. The van der Waals surface area contributed by atoms with Gasteiger partial charge in [-0.3, -0.25) is 10.1 Å². The third-order valence-electron chi connectivity index (χ3n) is 3.44. The second-order valence-electron chi connectivity index (χ2n) is 4.58. The SMILES string of the molecule is COC(=O)c1cc(N2CCCC2)cc([N+](=O)[O-])c1C. The summed E-state index contributed by atoms with van der Waals surface area (Å²) in [6, 6.07) is 3.21. The molecule has 0 atom stereocenters. The highest BCUT2D eigenvalue weighted by molar-refractivity contribution is 5.93. The summed E-state index contributed by atoms with van der Waals surface area (Å²) in [6.45, 7) is 3.29. The number of esters is 1. The molecule has 0 amide bonds. The van der Waals surface area contributed by atoms with Gasteiger partial charge in [0.1, 0.15) is 0 Å². The number of benzene rings is 1. The number of nitro benzene ring substituents is 1. The smallest absolute Gasteiger partial charge is 0.338 e. The number of carbonyl (C=O) groups excluding carboxylic acids is 1. The Labute approximate surface area is 111 Å². The molecule has 1 aromatic carbocycles. The van der Waals surface area contributed by atoms with E-state index in [1.807, 2.05) is 0 Å². The van der Waals surface area contributed by atoms with Crippen molar-refractivity contribution in [1.29, 1.82) is 0 Å². The van der Waals surface area contributed by atoms with Gasteiger partial charge in [0.15, 0.2) is 0 Å². The molecule has 0 aliphatic carbocycles. The summed E-state index contributed by atoms with van der Waals surface area (Å²) in [4.78, 5) is 24.4. The molecule has 0 radical (unpaired) electrons. The summed E-state index contributed by atoms with van der Waals surface area (Å²) >= 11 is 0. The Balaban J connectivity index is 2.53. The predicted molar refractivity (Wildman–Crippen MR) is 70.6 cm³/mol. The van der Waals surface area contributed by atoms with Crippen LogP contribution >= 0.6 is 0 Å². The van der Waals surface area contributed by atoms with Gasteiger partial charge in [-0.15, -0.1) is 0 Å². The number of nitrogens with zero attached hydrogens (tertiary/aromatic N) is 2. The van der Waals surface area contributed by atoms with E-state index in [1.165, 1.54) is 13.2 Å². The highest BCUT2D eigenvalue weighted by Gasteiger charge is 2.23. The van der Waals surface area contributed by atoms with Crippen molar-refractivity contribution in [3.8, 4) is 0 Å². The zero-order valence-corrected chi connectivity index (χ0v) is 11.0. The number of rotatable bonds is 3. The van der Waals surface area contributed by atoms with Crippen molar-refractivity contribution in [2.24, 2.45) is 0 Å². The highest BCUT2D eigenvalue weighted by Crippen LogP contribution is 2.31. The summed E-state index contributed by atoms with van der Waals surface area (Å²) in [5.41, 5.74) is 1.29. The standard InChI is InChI=1S/C13H16N2O4/c1-9-11(13(16)19-2)7-10(8-12(9)15(17)18)14-5-3-4-6-14/h7-8H,3-6H2,1-2H3. The van der Waals surface area contributed by atoms with E-state index >= 15 is 0 Å². The summed E-state index contributed by atoms with van der Waals surface area (Å²) in [5.74, 6) is -0.540. The fraction of sp³-hybridized carbons (Fsp3) is 0.462. The molecular formula is C13H16N2O4. The van der Waals surface area contributed by atoms with Crippen molar-refractivity contribution < 1.29 is 14.5 Å². The number of nitro groups is 1. The Bertz CT molecular complexity index is 522. The van der Waals surface area contributed by atoms with Gasteiger partial charge in [-0.05, 0) is 25.8 Å². The second-order valence-corrected chi connectivity index (χ2v) is 4.58. The largest absolute Gasteiger partial charge is 0.465 e. The Morgan fingerprint density at radius 1 is 1.37 bits per heavy atom. The van der Waals surface area contributed by atoms with E-state index in [0.717, 1.165) is 31.6 Å². The van der Waals surface area contributed by atoms with E-state index in [0.29, 0.717) is 5.56 Å². The molecule has 1 aliphatic rings. The molecule has 6 nitrogen and oxygen atoms in total. The quantitative estimate of drug-likeness (QED) is 0.476. The van der Waals surface area contributed by atoms with Crippen LogP contribution in [0.5, 0.6) is 0 Å². The lowest BCUT2D eigenvalue weighted by atomic mass is 10.1. The van der Waals surface area contributed by atoms with Gasteiger partial charge in [0.05, 0.1) is 17.6 Å². The van der Waals surface area contributed by atoms with Gasteiger partial charge in [-0.1, -0.05) is 0 Å². The summed E-state index contributed by atoms with van der Waals surface area (Å²) in [5, 5.41) is 11.1. The van der Waals surface area contributed by atoms with E-state index < -0.39 is 10.9 Å². The minimum Gasteiger partial charge on any atom is -0.465 e. The maximum absolute atomic E-state index is 11.7. The zero-order chi connectivity index (χ0) is 14.0. The molecule has 0 aromatic heterocycles. The van der Waals surface area contributed by atoms with Crippen LogP contribution < -0.4 is 4.90 Å². The molecule has 6 heteroatoms. The molecule has 1 heterocycles. The van der Waals surface area contributed by atoms with Crippen LogP contribution in [0.1, 0.15) is 28.8 Å². The van der Waals surface area contributed by atoms with Crippen molar-refractivity contribution in [3.05, 3.63) is 33.4 Å². The normalized spacial score (nSPS) is 14.5. The van der Waals surface area contributed by atoms with Crippen LogP contribution in [-0.4, -0.2) is 31.1 Å². The average molecular weight is 264 g/mol. The Hall–Kier alpha value is -2.11. The molecule has 1 saturated heterocycles. The van der Waals surface area contributed by atoms with Crippen molar-refractivity contribution >= 4 is 17.3 Å². The number of hydrogen-bond donors (Lipinski definition) is 0. The first-order chi connectivity index (χ1) is 9.04. The van der Waals surface area contributed by atoms with Crippen LogP contribution in [0.25, 0.3) is 0 Å². The highest BCUT2D eigenvalue weighted by atomic mass is 16.6. The molecule has 2 rings (SSSR count). The van der Waals surface area contributed by atoms with Gasteiger partial charge in [0, 0.05) is 30.4 Å². The summed E-state index contributed by atoms with van der Waals surface area (Å²) in [7, 11) is 1.27. The zero-order valence-electron chi connectivity index (χ0n) is 11.0. The number of carbonyl (C=O) groups is 1. The van der Waals surface area contributed by atoms with Crippen LogP contribution in [0.3, 0.4) is 0 Å². The molecule has 0 spiro atoms. The van der Waals surface area contributed by atoms with Gasteiger partial charge in [0.2, 0.25) is 0 Å².